The Labute approximate surface area is 106 Å². The second-order valence-electron chi connectivity index (χ2n) is 3.52. The minimum Gasteiger partial charge on any atom is -0.314 e. The molecule has 2 rings (SSSR count). The standard InChI is InChI=1S/C10H11BrFN5/c1-13-4-8-6-17(16-15-8)5-7-2-3-9(12)14-10(7)11/h2-3,6,13H,4-5H2,1H3. The van der Waals surface area contributed by atoms with E-state index in [0.29, 0.717) is 17.7 Å². The van der Waals surface area contributed by atoms with Crippen LogP contribution in [0.1, 0.15) is 11.3 Å². The van der Waals surface area contributed by atoms with E-state index in [2.05, 4.69) is 36.5 Å². The molecule has 0 atom stereocenters. The van der Waals surface area contributed by atoms with Gasteiger partial charge in [-0.3, -0.25) is 0 Å². The van der Waals surface area contributed by atoms with Crippen LogP contribution in [-0.2, 0) is 13.1 Å². The molecule has 0 amide bonds. The van der Waals surface area contributed by atoms with Crippen molar-refractivity contribution in [3.63, 3.8) is 0 Å². The average Bonchev–Trinajstić information content (AvgIpc) is 2.71. The van der Waals surface area contributed by atoms with Crippen LogP contribution in [-0.4, -0.2) is 27.0 Å². The van der Waals surface area contributed by atoms with E-state index in [1.165, 1.54) is 6.07 Å². The second-order valence-corrected chi connectivity index (χ2v) is 4.27. The molecule has 0 aliphatic carbocycles. The lowest BCUT2D eigenvalue weighted by Gasteiger charge is -2.02. The molecule has 0 bridgehead atoms. The molecule has 0 fully saturated rings. The van der Waals surface area contributed by atoms with Gasteiger partial charge in [0, 0.05) is 12.1 Å². The number of nitrogens with one attached hydrogen (secondary N) is 1. The summed E-state index contributed by atoms with van der Waals surface area (Å²) < 4.78 is 15.0. The van der Waals surface area contributed by atoms with E-state index in [1.807, 2.05) is 13.2 Å². The Morgan fingerprint density at radius 1 is 1.47 bits per heavy atom. The van der Waals surface area contributed by atoms with Gasteiger partial charge in [-0.25, -0.2) is 9.67 Å². The molecule has 0 aromatic carbocycles. The molecule has 0 saturated carbocycles. The summed E-state index contributed by atoms with van der Waals surface area (Å²) >= 11 is 3.22. The van der Waals surface area contributed by atoms with Crippen LogP contribution in [0.4, 0.5) is 4.39 Å². The first-order chi connectivity index (χ1) is 8.19. The number of rotatable bonds is 4. The van der Waals surface area contributed by atoms with E-state index in [-0.39, 0.29) is 0 Å². The van der Waals surface area contributed by atoms with Crippen molar-refractivity contribution in [1.29, 1.82) is 0 Å². The Morgan fingerprint density at radius 2 is 2.29 bits per heavy atom. The number of pyridine rings is 1. The predicted octanol–water partition coefficient (Wildman–Crippen LogP) is 1.34. The Morgan fingerprint density at radius 3 is 3.00 bits per heavy atom. The zero-order chi connectivity index (χ0) is 12.3. The maximum atomic E-state index is 12.8. The highest BCUT2D eigenvalue weighted by molar-refractivity contribution is 9.10. The van der Waals surface area contributed by atoms with Crippen LogP contribution in [0, 0.1) is 5.95 Å². The van der Waals surface area contributed by atoms with Gasteiger partial charge in [-0.1, -0.05) is 5.21 Å². The number of halogens is 2. The second kappa shape index (κ2) is 5.33. The molecule has 0 aliphatic heterocycles. The van der Waals surface area contributed by atoms with Gasteiger partial charge in [-0.05, 0) is 35.1 Å². The molecule has 90 valence electrons. The van der Waals surface area contributed by atoms with Crippen LogP contribution < -0.4 is 5.32 Å². The van der Waals surface area contributed by atoms with E-state index >= 15 is 0 Å². The molecule has 17 heavy (non-hydrogen) atoms. The van der Waals surface area contributed by atoms with E-state index < -0.39 is 5.95 Å². The first kappa shape index (κ1) is 12.1. The molecule has 0 aliphatic rings. The van der Waals surface area contributed by atoms with Gasteiger partial charge in [0.25, 0.3) is 0 Å². The lowest BCUT2D eigenvalue weighted by Crippen LogP contribution is -2.05. The molecule has 0 spiro atoms. The third kappa shape index (κ3) is 3.07. The molecule has 5 nitrogen and oxygen atoms in total. The SMILES string of the molecule is CNCc1cn(Cc2ccc(F)nc2Br)nn1. The van der Waals surface area contributed by atoms with Gasteiger partial charge in [0.1, 0.15) is 4.60 Å². The lowest BCUT2D eigenvalue weighted by atomic mass is 10.3. The van der Waals surface area contributed by atoms with Crippen LogP contribution in [0.3, 0.4) is 0 Å². The van der Waals surface area contributed by atoms with Gasteiger partial charge in [-0.15, -0.1) is 5.10 Å². The topological polar surface area (TPSA) is 55.6 Å². The molecule has 0 unspecified atom stereocenters. The van der Waals surface area contributed by atoms with E-state index in [1.54, 1.807) is 10.7 Å². The third-order valence-corrected chi connectivity index (χ3v) is 2.85. The molecule has 1 N–H and O–H groups in total. The number of aromatic nitrogens is 4. The predicted molar refractivity (Wildman–Crippen MR) is 63.8 cm³/mol. The summed E-state index contributed by atoms with van der Waals surface area (Å²) in [4.78, 5) is 3.69. The molecule has 0 radical (unpaired) electrons. The molecule has 2 aromatic rings. The third-order valence-electron chi connectivity index (χ3n) is 2.17. The zero-order valence-electron chi connectivity index (χ0n) is 9.19. The van der Waals surface area contributed by atoms with Crippen molar-refractivity contribution >= 4 is 15.9 Å². The first-order valence-electron chi connectivity index (χ1n) is 5.03. The highest BCUT2D eigenvalue weighted by atomic mass is 79.9. The van der Waals surface area contributed by atoms with Gasteiger partial charge < -0.3 is 5.32 Å². The fourth-order valence-corrected chi connectivity index (χ4v) is 1.84. The average molecular weight is 300 g/mol. The van der Waals surface area contributed by atoms with Crippen LogP contribution in [0.2, 0.25) is 0 Å². The molecular weight excluding hydrogens is 289 g/mol. The van der Waals surface area contributed by atoms with Crippen molar-refractivity contribution in [2.45, 2.75) is 13.1 Å². The lowest BCUT2D eigenvalue weighted by molar-refractivity contribution is 0.574. The van der Waals surface area contributed by atoms with Gasteiger partial charge in [0.05, 0.1) is 18.4 Å². The Kier molecular flexibility index (Phi) is 3.80. The molecular formula is C10H11BrFN5. The van der Waals surface area contributed by atoms with Crippen LogP contribution in [0.25, 0.3) is 0 Å². The maximum absolute atomic E-state index is 12.8. The molecule has 2 aromatic heterocycles. The quantitative estimate of drug-likeness (QED) is 0.866. The summed E-state index contributed by atoms with van der Waals surface area (Å²) in [5, 5.41) is 11.0. The van der Waals surface area contributed by atoms with Crippen LogP contribution in [0.15, 0.2) is 22.9 Å². The Bertz CT molecular complexity index is 513. The minimum atomic E-state index is -0.505. The minimum absolute atomic E-state index is 0.489. The van der Waals surface area contributed by atoms with E-state index in [9.17, 15) is 4.39 Å². The van der Waals surface area contributed by atoms with E-state index in [4.69, 9.17) is 0 Å². The van der Waals surface area contributed by atoms with Crippen molar-refractivity contribution in [2.75, 3.05) is 7.05 Å². The highest BCUT2D eigenvalue weighted by Crippen LogP contribution is 2.15. The summed E-state index contributed by atoms with van der Waals surface area (Å²) in [7, 11) is 1.85. The summed E-state index contributed by atoms with van der Waals surface area (Å²) in [6, 6.07) is 3.00. The van der Waals surface area contributed by atoms with Crippen molar-refractivity contribution in [3.05, 3.63) is 40.1 Å². The maximum Gasteiger partial charge on any atom is 0.213 e. The smallest absolute Gasteiger partial charge is 0.213 e. The number of hydrogen-bond donors (Lipinski definition) is 1. The van der Waals surface area contributed by atoms with Crippen molar-refractivity contribution < 1.29 is 4.39 Å². The number of nitrogens with zero attached hydrogens (tertiary/aromatic N) is 4. The van der Waals surface area contributed by atoms with Crippen LogP contribution in [0.5, 0.6) is 0 Å². The van der Waals surface area contributed by atoms with E-state index in [0.717, 1.165) is 11.3 Å². The van der Waals surface area contributed by atoms with Gasteiger partial charge in [0.15, 0.2) is 0 Å². The fraction of sp³-hybridized carbons (Fsp3) is 0.300. The monoisotopic (exact) mass is 299 g/mol. The molecule has 2 heterocycles. The summed E-state index contributed by atoms with van der Waals surface area (Å²) in [5.74, 6) is -0.505. The fourth-order valence-electron chi connectivity index (χ4n) is 1.41. The molecule has 0 saturated heterocycles. The van der Waals surface area contributed by atoms with Crippen molar-refractivity contribution in [2.24, 2.45) is 0 Å². The summed E-state index contributed by atoms with van der Waals surface area (Å²) in [6.45, 7) is 1.17. The highest BCUT2D eigenvalue weighted by Gasteiger charge is 2.06. The Balaban J connectivity index is 2.13. The first-order valence-corrected chi connectivity index (χ1v) is 5.83. The number of hydrogen-bond acceptors (Lipinski definition) is 4. The van der Waals surface area contributed by atoms with Crippen molar-refractivity contribution in [3.8, 4) is 0 Å². The largest absolute Gasteiger partial charge is 0.314 e. The molecule has 7 heteroatoms. The van der Waals surface area contributed by atoms with Gasteiger partial charge in [-0.2, -0.15) is 4.39 Å². The normalized spacial score (nSPS) is 10.8. The Hall–Kier alpha value is -1.34. The van der Waals surface area contributed by atoms with Gasteiger partial charge in [0.2, 0.25) is 5.95 Å². The van der Waals surface area contributed by atoms with Crippen LogP contribution >= 0.6 is 15.9 Å². The van der Waals surface area contributed by atoms with Gasteiger partial charge >= 0.3 is 0 Å². The zero-order valence-corrected chi connectivity index (χ0v) is 10.8. The summed E-state index contributed by atoms with van der Waals surface area (Å²) in [6.07, 6.45) is 1.84. The van der Waals surface area contributed by atoms with Crippen molar-refractivity contribution in [1.82, 2.24) is 25.3 Å². The summed E-state index contributed by atoms with van der Waals surface area (Å²) in [5.41, 5.74) is 1.71.